The second-order valence-electron chi connectivity index (χ2n) is 3.81. The highest BCUT2D eigenvalue weighted by atomic mass is 32.1. The van der Waals surface area contributed by atoms with Gasteiger partial charge in [-0.1, -0.05) is 12.1 Å². The van der Waals surface area contributed by atoms with Crippen molar-refractivity contribution in [2.45, 2.75) is 6.54 Å². The molecule has 110 valence electrons. The summed E-state index contributed by atoms with van der Waals surface area (Å²) in [6.45, 7) is 1.67. The number of thiocarbonyl (C=S) groups is 2. The molecule has 0 atom stereocenters. The molecule has 0 aliphatic carbocycles. The SMILES string of the molecule is COCCNC(=S)NNC(=S)NCc1ccc(F)cc1. The van der Waals surface area contributed by atoms with E-state index in [9.17, 15) is 4.39 Å². The number of hydrogen-bond donors (Lipinski definition) is 4. The first-order chi connectivity index (χ1) is 9.61. The normalized spacial score (nSPS) is 9.70. The molecule has 0 spiro atoms. The number of ether oxygens (including phenoxy) is 1. The summed E-state index contributed by atoms with van der Waals surface area (Å²) in [7, 11) is 1.62. The van der Waals surface area contributed by atoms with Gasteiger partial charge >= 0.3 is 0 Å². The molecule has 0 radical (unpaired) electrons. The first kappa shape index (κ1) is 16.5. The molecule has 0 aromatic heterocycles. The summed E-state index contributed by atoms with van der Waals surface area (Å²) in [4.78, 5) is 0. The third-order valence-electron chi connectivity index (χ3n) is 2.25. The van der Waals surface area contributed by atoms with Crippen molar-refractivity contribution < 1.29 is 9.13 Å². The lowest BCUT2D eigenvalue weighted by Gasteiger charge is -2.14. The Bertz CT molecular complexity index is 442. The van der Waals surface area contributed by atoms with Crippen molar-refractivity contribution in [1.82, 2.24) is 21.5 Å². The second kappa shape index (κ2) is 9.40. The van der Waals surface area contributed by atoms with Crippen LogP contribution >= 0.6 is 24.4 Å². The van der Waals surface area contributed by atoms with Gasteiger partial charge < -0.3 is 15.4 Å². The van der Waals surface area contributed by atoms with Gasteiger partial charge in [0.25, 0.3) is 0 Å². The minimum Gasteiger partial charge on any atom is -0.383 e. The molecule has 4 N–H and O–H groups in total. The number of hydrogen-bond acceptors (Lipinski definition) is 3. The van der Waals surface area contributed by atoms with Crippen LogP contribution in [0.25, 0.3) is 0 Å². The summed E-state index contributed by atoms with van der Waals surface area (Å²) in [5, 5.41) is 6.70. The number of benzene rings is 1. The van der Waals surface area contributed by atoms with Crippen LogP contribution in [0.3, 0.4) is 0 Å². The van der Waals surface area contributed by atoms with Crippen LogP contribution < -0.4 is 21.5 Å². The average Bonchev–Trinajstić information content (AvgIpc) is 2.45. The van der Waals surface area contributed by atoms with Gasteiger partial charge in [-0.15, -0.1) is 0 Å². The van der Waals surface area contributed by atoms with Gasteiger partial charge in [0.05, 0.1) is 6.61 Å². The van der Waals surface area contributed by atoms with Crippen LogP contribution in [0.2, 0.25) is 0 Å². The molecule has 0 saturated carbocycles. The van der Waals surface area contributed by atoms with Gasteiger partial charge in [-0.05, 0) is 42.1 Å². The highest BCUT2D eigenvalue weighted by Crippen LogP contribution is 2.01. The monoisotopic (exact) mass is 316 g/mol. The summed E-state index contributed by atoms with van der Waals surface area (Å²) in [5.41, 5.74) is 6.41. The Hall–Kier alpha value is -1.51. The molecular weight excluding hydrogens is 299 g/mol. The Morgan fingerprint density at radius 2 is 1.70 bits per heavy atom. The molecule has 1 rings (SSSR count). The van der Waals surface area contributed by atoms with Crippen molar-refractivity contribution in [2.75, 3.05) is 20.3 Å². The standard InChI is InChI=1S/C12H17FN4OS2/c1-18-7-6-14-11(19)16-17-12(20)15-8-9-2-4-10(13)5-3-9/h2-5H,6-8H2,1H3,(H2,14,16,19)(H2,15,17,20). The minimum absolute atomic E-state index is 0.261. The van der Waals surface area contributed by atoms with Gasteiger partial charge in [0.15, 0.2) is 10.2 Å². The summed E-state index contributed by atoms with van der Waals surface area (Å²) in [5.74, 6) is -0.261. The Morgan fingerprint density at radius 1 is 1.10 bits per heavy atom. The molecule has 0 fully saturated rings. The van der Waals surface area contributed by atoms with Crippen molar-refractivity contribution >= 4 is 34.7 Å². The van der Waals surface area contributed by atoms with Gasteiger partial charge in [-0.25, -0.2) is 4.39 Å². The maximum atomic E-state index is 12.7. The van der Waals surface area contributed by atoms with E-state index < -0.39 is 0 Å². The topological polar surface area (TPSA) is 57.4 Å². The van der Waals surface area contributed by atoms with E-state index in [4.69, 9.17) is 29.2 Å². The number of rotatable bonds is 5. The second-order valence-corrected chi connectivity index (χ2v) is 4.62. The molecule has 0 bridgehead atoms. The quantitative estimate of drug-likeness (QED) is 0.364. The zero-order chi connectivity index (χ0) is 14.8. The molecule has 5 nitrogen and oxygen atoms in total. The van der Waals surface area contributed by atoms with Crippen LogP contribution in [-0.2, 0) is 11.3 Å². The lowest BCUT2D eigenvalue weighted by molar-refractivity contribution is 0.204. The smallest absolute Gasteiger partial charge is 0.185 e. The molecule has 20 heavy (non-hydrogen) atoms. The molecule has 1 aromatic rings. The van der Waals surface area contributed by atoms with Crippen LogP contribution in [0.15, 0.2) is 24.3 Å². The van der Waals surface area contributed by atoms with Crippen LogP contribution in [0.4, 0.5) is 4.39 Å². The minimum atomic E-state index is -0.261. The lowest BCUT2D eigenvalue weighted by Crippen LogP contribution is -2.50. The van der Waals surface area contributed by atoms with Crippen LogP contribution in [-0.4, -0.2) is 30.5 Å². The Morgan fingerprint density at radius 3 is 2.30 bits per heavy atom. The van der Waals surface area contributed by atoms with Crippen LogP contribution in [0.1, 0.15) is 5.56 Å². The summed E-state index contributed by atoms with van der Waals surface area (Å²) < 4.78 is 17.6. The highest BCUT2D eigenvalue weighted by molar-refractivity contribution is 7.80. The van der Waals surface area contributed by atoms with Crippen molar-refractivity contribution in [3.63, 3.8) is 0 Å². The van der Waals surface area contributed by atoms with Crippen LogP contribution in [0, 0.1) is 5.82 Å². The Balaban J connectivity index is 2.17. The van der Waals surface area contributed by atoms with Crippen molar-refractivity contribution in [3.8, 4) is 0 Å². The van der Waals surface area contributed by atoms with Gasteiger partial charge in [-0.2, -0.15) is 0 Å². The molecule has 0 saturated heterocycles. The fourth-order valence-corrected chi connectivity index (χ4v) is 1.53. The maximum absolute atomic E-state index is 12.7. The number of nitrogens with one attached hydrogen (secondary N) is 4. The van der Waals surface area contributed by atoms with Gasteiger partial charge in [-0.3, -0.25) is 10.9 Å². The number of methoxy groups -OCH3 is 1. The van der Waals surface area contributed by atoms with Crippen molar-refractivity contribution in [2.24, 2.45) is 0 Å². The van der Waals surface area contributed by atoms with E-state index in [2.05, 4.69) is 21.5 Å². The summed E-state index contributed by atoms with van der Waals surface area (Å²) in [6, 6.07) is 6.19. The van der Waals surface area contributed by atoms with Gasteiger partial charge in [0.2, 0.25) is 0 Å². The third kappa shape index (κ3) is 7.17. The summed E-state index contributed by atoms with van der Waals surface area (Å²) in [6.07, 6.45) is 0. The zero-order valence-electron chi connectivity index (χ0n) is 11.0. The van der Waals surface area contributed by atoms with E-state index >= 15 is 0 Å². The van der Waals surface area contributed by atoms with E-state index in [-0.39, 0.29) is 5.82 Å². The Kier molecular flexibility index (Phi) is 7.78. The largest absolute Gasteiger partial charge is 0.383 e. The molecular formula is C12H17FN4OS2. The fourth-order valence-electron chi connectivity index (χ4n) is 1.25. The molecule has 0 unspecified atom stereocenters. The predicted octanol–water partition coefficient (Wildman–Crippen LogP) is 0.815. The molecule has 1 aromatic carbocycles. The van der Waals surface area contributed by atoms with E-state index in [1.54, 1.807) is 19.2 Å². The molecule has 8 heteroatoms. The zero-order valence-corrected chi connectivity index (χ0v) is 12.7. The third-order valence-corrected chi connectivity index (χ3v) is 2.74. The lowest BCUT2D eigenvalue weighted by atomic mass is 10.2. The first-order valence-electron chi connectivity index (χ1n) is 5.93. The number of halogens is 1. The van der Waals surface area contributed by atoms with Gasteiger partial charge in [0.1, 0.15) is 5.82 Å². The highest BCUT2D eigenvalue weighted by Gasteiger charge is 1.98. The number of hydrazine groups is 1. The predicted molar refractivity (Wildman–Crippen MR) is 84.6 cm³/mol. The van der Waals surface area contributed by atoms with E-state index in [0.29, 0.717) is 29.9 Å². The van der Waals surface area contributed by atoms with Crippen molar-refractivity contribution in [1.29, 1.82) is 0 Å². The molecule has 0 heterocycles. The van der Waals surface area contributed by atoms with Gasteiger partial charge in [0, 0.05) is 20.2 Å². The molecule has 0 aliphatic rings. The van der Waals surface area contributed by atoms with Crippen LogP contribution in [0.5, 0.6) is 0 Å². The van der Waals surface area contributed by atoms with Crippen molar-refractivity contribution in [3.05, 3.63) is 35.6 Å². The Labute approximate surface area is 128 Å². The fraction of sp³-hybridized carbons (Fsp3) is 0.333. The summed E-state index contributed by atoms with van der Waals surface area (Å²) >= 11 is 10.1. The van der Waals surface area contributed by atoms with E-state index in [0.717, 1.165) is 5.56 Å². The van der Waals surface area contributed by atoms with E-state index in [1.165, 1.54) is 12.1 Å². The average molecular weight is 316 g/mol. The maximum Gasteiger partial charge on any atom is 0.185 e. The first-order valence-corrected chi connectivity index (χ1v) is 6.74. The molecule has 0 aliphatic heterocycles. The van der Waals surface area contributed by atoms with E-state index in [1.807, 2.05) is 0 Å². The molecule has 0 amide bonds.